The summed E-state index contributed by atoms with van der Waals surface area (Å²) in [5, 5.41) is 3.06. The predicted molar refractivity (Wildman–Crippen MR) is 110 cm³/mol. The maximum absolute atomic E-state index is 12.6. The van der Waals surface area contributed by atoms with Crippen molar-refractivity contribution in [2.24, 2.45) is 0 Å². The molecular formula is C23H33N2O3+. The average molecular weight is 386 g/mol. The van der Waals surface area contributed by atoms with Crippen molar-refractivity contribution in [1.29, 1.82) is 0 Å². The monoisotopic (exact) mass is 385 g/mol. The van der Waals surface area contributed by atoms with Crippen molar-refractivity contribution in [2.75, 3.05) is 19.6 Å². The molecule has 1 aliphatic heterocycles. The van der Waals surface area contributed by atoms with Gasteiger partial charge in [0.15, 0.2) is 17.9 Å². The van der Waals surface area contributed by atoms with Gasteiger partial charge in [-0.2, -0.15) is 0 Å². The highest BCUT2D eigenvalue weighted by molar-refractivity contribution is 5.80. The zero-order valence-corrected chi connectivity index (χ0v) is 17.5. The van der Waals surface area contributed by atoms with Crippen LogP contribution in [0.2, 0.25) is 0 Å². The number of carbonyl (C=O) groups is 1. The van der Waals surface area contributed by atoms with E-state index in [9.17, 15) is 4.79 Å². The molecule has 3 rings (SSSR count). The Morgan fingerprint density at radius 1 is 1.18 bits per heavy atom. The standard InChI is InChI=1S/C23H32N2O3/c1-17(28-19-11-9-18(10-12-19)23(2,3)4)22(26)24-16-20(21-8-7-15-27-21)25-13-5-6-14-25/h7-12,15,17,20H,5-6,13-14,16H2,1-4H3,(H,24,26)/p+1/t17-,20-/m0/s1. The number of hydrogen-bond donors (Lipinski definition) is 2. The van der Waals surface area contributed by atoms with Gasteiger partial charge in [-0.15, -0.1) is 0 Å². The minimum atomic E-state index is -0.550. The van der Waals surface area contributed by atoms with Crippen molar-refractivity contribution < 1.29 is 18.8 Å². The van der Waals surface area contributed by atoms with Gasteiger partial charge in [0, 0.05) is 12.8 Å². The minimum Gasteiger partial charge on any atom is -0.481 e. The van der Waals surface area contributed by atoms with E-state index in [4.69, 9.17) is 9.15 Å². The van der Waals surface area contributed by atoms with Crippen molar-refractivity contribution in [3.8, 4) is 5.75 Å². The molecule has 2 heterocycles. The van der Waals surface area contributed by atoms with Gasteiger partial charge in [-0.05, 0) is 42.2 Å². The van der Waals surface area contributed by atoms with Crippen molar-refractivity contribution in [3.05, 3.63) is 54.0 Å². The van der Waals surface area contributed by atoms with Crippen molar-refractivity contribution in [3.63, 3.8) is 0 Å². The molecule has 1 aromatic heterocycles. The quantitative estimate of drug-likeness (QED) is 0.771. The first kappa shape index (κ1) is 20.5. The summed E-state index contributed by atoms with van der Waals surface area (Å²) in [6, 6.07) is 12.0. The molecule has 1 aromatic carbocycles. The van der Waals surface area contributed by atoms with Crippen molar-refractivity contribution in [1.82, 2.24) is 5.32 Å². The third kappa shape index (κ3) is 5.16. The molecule has 2 aromatic rings. The lowest BCUT2D eigenvalue weighted by atomic mass is 9.87. The van der Waals surface area contributed by atoms with Gasteiger partial charge in [-0.3, -0.25) is 4.79 Å². The molecule has 0 bridgehead atoms. The van der Waals surface area contributed by atoms with E-state index in [0.717, 1.165) is 18.8 Å². The van der Waals surface area contributed by atoms with Crippen LogP contribution in [-0.4, -0.2) is 31.6 Å². The normalized spacial score (nSPS) is 17.3. The Kier molecular flexibility index (Phi) is 6.45. The lowest BCUT2D eigenvalue weighted by molar-refractivity contribution is -0.919. The number of nitrogens with one attached hydrogen (secondary N) is 2. The average Bonchev–Trinajstić information content (AvgIpc) is 3.36. The first-order valence-electron chi connectivity index (χ1n) is 10.3. The number of likely N-dealkylation sites (tertiary alicyclic amines) is 1. The minimum absolute atomic E-state index is 0.0975. The van der Waals surface area contributed by atoms with Crippen molar-refractivity contribution in [2.45, 2.75) is 58.1 Å². The maximum Gasteiger partial charge on any atom is 0.261 e. The van der Waals surface area contributed by atoms with Crippen molar-refractivity contribution >= 4 is 5.91 Å². The van der Waals surface area contributed by atoms with Gasteiger partial charge in [0.05, 0.1) is 25.9 Å². The number of benzene rings is 1. The molecule has 2 atom stereocenters. The number of hydrogen-bond acceptors (Lipinski definition) is 3. The van der Waals surface area contributed by atoms with Gasteiger partial charge in [-0.25, -0.2) is 0 Å². The zero-order valence-electron chi connectivity index (χ0n) is 17.5. The summed E-state index contributed by atoms with van der Waals surface area (Å²) < 4.78 is 11.5. The second-order valence-corrected chi connectivity index (χ2v) is 8.71. The van der Waals surface area contributed by atoms with E-state index < -0.39 is 6.10 Å². The molecule has 2 N–H and O–H groups in total. The Bertz CT molecular complexity index is 741. The molecule has 0 unspecified atom stereocenters. The molecule has 5 nitrogen and oxygen atoms in total. The summed E-state index contributed by atoms with van der Waals surface area (Å²) in [6.45, 7) is 11.1. The molecule has 1 aliphatic rings. The second kappa shape index (κ2) is 8.82. The second-order valence-electron chi connectivity index (χ2n) is 8.71. The summed E-state index contributed by atoms with van der Waals surface area (Å²) in [4.78, 5) is 14.1. The third-order valence-electron chi connectivity index (χ3n) is 5.51. The highest BCUT2D eigenvalue weighted by Gasteiger charge is 2.30. The predicted octanol–water partition coefficient (Wildman–Crippen LogP) is 2.88. The van der Waals surface area contributed by atoms with E-state index in [-0.39, 0.29) is 17.4 Å². The molecule has 0 spiro atoms. The smallest absolute Gasteiger partial charge is 0.261 e. The Hall–Kier alpha value is -2.27. The summed E-state index contributed by atoms with van der Waals surface area (Å²) in [5.41, 5.74) is 1.34. The van der Waals surface area contributed by atoms with E-state index in [2.05, 4.69) is 38.2 Å². The van der Waals surface area contributed by atoms with Crippen LogP contribution < -0.4 is 15.0 Å². The van der Waals surface area contributed by atoms with Crippen LogP contribution in [-0.2, 0) is 10.2 Å². The number of carbonyl (C=O) groups excluding carboxylic acids is 1. The molecule has 1 amide bonds. The Balaban J connectivity index is 1.55. The zero-order chi connectivity index (χ0) is 20.1. The summed E-state index contributed by atoms with van der Waals surface area (Å²) in [7, 11) is 0. The number of quaternary nitrogens is 1. The van der Waals surface area contributed by atoms with Crippen LogP contribution in [0.25, 0.3) is 0 Å². The fourth-order valence-corrected chi connectivity index (χ4v) is 3.75. The molecule has 1 saturated heterocycles. The molecule has 0 aliphatic carbocycles. The number of amides is 1. The lowest BCUT2D eigenvalue weighted by Gasteiger charge is -2.24. The molecule has 0 radical (unpaired) electrons. The van der Waals surface area contributed by atoms with E-state index >= 15 is 0 Å². The van der Waals surface area contributed by atoms with Crippen LogP contribution in [0.1, 0.15) is 57.9 Å². The first-order chi connectivity index (χ1) is 13.3. The number of furan rings is 1. The molecule has 5 heteroatoms. The molecule has 152 valence electrons. The van der Waals surface area contributed by atoms with Crippen LogP contribution in [0.4, 0.5) is 0 Å². The maximum atomic E-state index is 12.6. The summed E-state index contributed by atoms with van der Waals surface area (Å²) in [5.74, 6) is 1.54. The Labute approximate surface area is 168 Å². The fourth-order valence-electron chi connectivity index (χ4n) is 3.75. The SMILES string of the molecule is C[C@H](Oc1ccc(C(C)(C)C)cc1)C(=O)NC[C@@H](c1ccco1)[NH+]1CCCC1. The first-order valence-corrected chi connectivity index (χ1v) is 10.3. The lowest BCUT2D eigenvalue weighted by Crippen LogP contribution is -3.11. The number of rotatable bonds is 7. The van der Waals surface area contributed by atoms with E-state index in [1.807, 2.05) is 24.3 Å². The molecule has 28 heavy (non-hydrogen) atoms. The fraction of sp³-hybridized carbons (Fsp3) is 0.522. The van der Waals surface area contributed by atoms with Crippen LogP contribution in [0, 0.1) is 0 Å². The Morgan fingerprint density at radius 3 is 2.43 bits per heavy atom. The third-order valence-corrected chi connectivity index (χ3v) is 5.51. The summed E-state index contributed by atoms with van der Waals surface area (Å²) >= 11 is 0. The van der Waals surface area contributed by atoms with Gasteiger partial charge < -0.3 is 19.4 Å². The number of ether oxygens (including phenoxy) is 1. The van der Waals surface area contributed by atoms with Gasteiger partial charge in [0.1, 0.15) is 5.75 Å². The van der Waals surface area contributed by atoms with Gasteiger partial charge in [0.2, 0.25) is 0 Å². The molecular weight excluding hydrogens is 352 g/mol. The van der Waals surface area contributed by atoms with E-state index in [0.29, 0.717) is 12.3 Å². The van der Waals surface area contributed by atoms with Gasteiger partial charge in [0.25, 0.3) is 5.91 Å². The highest BCUT2D eigenvalue weighted by atomic mass is 16.5. The summed E-state index contributed by atoms with van der Waals surface area (Å²) in [6.07, 6.45) is 3.60. The van der Waals surface area contributed by atoms with Crippen LogP contribution in [0.5, 0.6) is 5.75 Å². The van der Waals surface area contributed by atoms with Gasteiger partial charge in [-0.1, -0.05) is 32.9 Å². The van der Waals surface area contributed by atoms with Crippen LogP contribution in [0.15, 0.2) is 47.1 Å². The van der Waals surface area contributed by atoms with E-state index in [1.165, 1.54) is 23.3 Å². The van der Waals surface area contributed by atoms with Crippen LogP contribution >= 0.6 is 0 Å². The Morgan fingerprint density at radius 2 is 1.86 bits per heavy atom. The highest BCUT2D eigenvalue weighted by Crippen LogP contribution is 2.24. The largest absolute Gasteiger partial charge is 0.481 e. The van der Waals surface area contributed by atoms with Crippen LogP contribution in [0.3, 0.4) is 0 Å². The molecule has 0 saturated carbocycles. The van der Waals surface area contributed by atoms with E-state index in [1.54, 1.807) is 13.2 Å². The van der Waals surface area contributed by atoms with Gasteiger partial charge >= 0.3 is 0 Å². The topological polar surface area (TPSA) is 55.9 Å². The molecule has 1 fully saturated rings.